The summed E-state index contributed by atoms with van der Waals surface area (Å²) in [5.74, 6) is 1.82. The van der Waals surface area contributed by atoms with Gasteiger partial charge in [0.2, 0.25) is 0 Å². The third-order valence-electron chi connectivity index (χ3n) is 9.99. The van der Waals surface area contributed by atoms with E-state index < -0.39 is 5.66 Å². The maximum atomic E-state index is 5.50. The first-order valence-electron chi connectivity index (χ1n) is 17.9. The highest BCUT2D eigenvalue weighted by Gasteiger charge is 2.51. The van der Waals surface area contributed by atoms with Crippen LogP contribution in [0.4, 0.5) is 0 Å². The van der Waals surface area contributed by atoms with E-state index in [1.54, 1.807) is 0 Å². The van der Waals surface area contributed by atoms with E-state index >= 15 is 0 Å². The second-order valence-electron chi connectivity index (χ2n) is 13.5. The predicted molar refractivity (Wildman–Crippen MR) is 209 cm³/mol. The molecule has 2 heterocycles. The van der Waals surface area contributed by atoms with Crippen molar-refractivity contribution in [3.8, 4) is 0 Å². The van der Waals surface area contributed by atoms with Gasteiger partial charge < -0.3 is 9.80 Å². The number of hydrogen-bond donors (Lipinski definition) is 0. The van der Waals surface area contributed by atoms with Crippen LogP contribution >= 0.6 is 0 Å². The first kappa shape index (κ1) is 32.2. The summed E-state index contributed by atoms with van der Waals surface area (Å²) in [6, 6.07) is 65.2. The van der Waals surface area contributed by atoms with Gasteiger partial charge in [0, 0.05) is 44.5 Å². The van der Waals surface area contributed by atoms with Gasteiger partial charge in [-0.05, 0) is 33.4 Å². The third kappa shape index (κ3) is 7.18. The van der Waals surface area contributed by atoms with E-state index in [1.807, 2.05) is 0 Å². The minimum Gasteiger partial charge on any atom is -0.345 e. The van der Waals surface area contributed by atoms with Crippen molar-refractivity contribution in [2.24, 2.45) is 9.98 Å². The molecule has 0 fully saturated rings. The molecule has 6 aromatic carbocycles. The molecule has 0 aliphatic carbocycles. The molecule has 0 aromatic heterocycles. The van der Waals surface area contributed by atoms with Crippen LogP contribution in [0.1, 0.15) is 33.4 Å². The zero-order valence-electron chi connectivity index (χ0n) is 28.9. The molecule has 0 saturated heterocycles. The molecule has 51 heavy (non-hydrogen) atoms. The lowest BCUT2D eigenvalue weighted by Gasteiger charge is -2.57. The van der Waals surface area contributed by atoms with Crippen LogP contribution in [-0.4, -0.2) is 27.1 Å². The topological polar surface area (TPSA) is 31.2 Å². The van der Waals surface area contributed by atoms with E-state index in [9.17, 15) is 0 Å². The van der Waals surface area contributed by atoms with E-state index in [4.69, 9.17) is 9.98 Å². The number of benzene rings is 6. The van der Waals surface area contributed by atoms with Crippen molar-refractivity contribution < 1.29 is 0 Å². The van der Waals surface area contributed by atoms with Gasteiger partial charge in [-0.1, -0.05) is 182 Å². The minimum atomic E-state index is -0.529. The van der Waals surface area contributed by atoms with Crippen molar-refractivity contribution in [3.05, 3.63) is 227 Å². The van der Waals surface area contributed by atoms with Gasteiger partial charge in [0.25, 0.3) is 0 Å². The highest BCUT2D eigenvalue weighted by molar-refractivity contribution is 6.13. The highest BCUT2D eigenvalue weighted by Crippen LogP contribution is 2.44. The van der Waals surface area contributed by atoms with Gasteiger partial charge in [-0.25, -0.2) is 9.98 Å². The molecule has 0 radical (unpaired) electrons. The molecule has 0 unspecified atom stereocenters. The minimum absolute atomic E-state index is 0.529. The standard InChI is InChI=1S/C47H42N4/c1-7-19-37(20-8-1)31-43-45-46(49-44(48-45)32-38-21-9-2-10-22-38)51(36-42-29-17-6-18-30-42)47(33-39-23-11-3-12-24-39,34-40-25-13-4-14-26-40)50(43)35-41-27-15-5-16-28-41/h1-30H,31-36H2. The second kappa shape index (κ2) is 14.9. The molecule has 250 valence electrons. The van der Waals surface area contributed by atoms with Crippen molar-refractivity contribution in [1.82, 2.24) is 9.80 Å². The zero-order chi connectivity index (χ0) is 34.3. The molecule has 0 N–H and O–H groups in total. The first-order valence-corrected chi connectivity index (χ1v) is 17.9. The monoisotopic (exact) mass is 662 g/mol. The van der Waals surface area contributed by atoms with Crippen LogP contribution in [0, 0.1) is 0 Å². The van der Waals surface area contributed by atoms with Gasteiger partial charge in [-0.3, -0.25) is 0 Å². The summed E-state index contributed by atoms with van der Waals surface area (Å²) in [4.78, 5) is 16.2. The average Bonchev–Trinajstić information content (AvgIpc) is 3.60. The van der Waals surface area contributed by atoms with Crippen molar-refractivity contribution in [1.29, 1.82) is 0 Å². The number of amidine groups is 2. The van der Waals surface area contributed by atoms with E-state index in [-0.39, 0.29) is 0 Å². The van der Waals surface area contributed by atoms with Gasteiger partial charge >= 0.3 is 0 Å². The van der Waals surface area contributed by atoms with Gasteiger partial charge in [-0.2, -0.15) is 0 Å². The van der Waals surface area contributed by atoms with Crippen LogP contribution in [0.15, 0.2) is 203 Å². The fraction of sp³-hybridized carbons (Fsp3) is 0.149. The molecular weight excluding hydrogens is 621 g/mol. The maximum Gasteiger partial charge on any atom is 0.160 e. The Morgan fingerprint density at radius 1 is 0.373 bits per heavy atom. The predicted octanol–water partition coefficient (Wildman–Crippen LogP) is 9.69. The molecule has 0 spiro atoms. The lowest BCUT2D eigenvalue weighted by Crippen LogP contribution is -2.67. The maximum absolute atomic E-state index is 5.50. The average molecular weight is 663 g/mol. The van der Waals surface area contributed by atoms with Gasteiger partial charge in [0.05, 0.1) is 0 Å². The Hall–Kier alpha value is -6.00. The van der Waals surface area contributed by atoms with Crippen molar-refractivity contribution >= 4 is 11.7 Å². The Morgan fingerprint density at radius 3 is 1.20 bits per heavy atom. The quantitative estimate of drug-likeness (QED) is 0.131. The van der Waals surface area contributed by atoms with E-state index in [0.717, 1.165) is 43.2 Å². The number of aliphatic imine (C=N–C) groups is 2. The van der Waals surface area contributed by atoms with Crippen LogP contribution in [-0.2, 0) is 38.8 Å². The summed E-state index contributed by atoms with van der Waals surface area (Å²) in [6.45, 7) is 1.43. The molecule has 8 rings (SSSR count). The molecule has 0 atom stereocenters. The molecule has 0 amide bonds. The Balaban J connectivity index is 1.40. The number of fused-ring (bicyclic) bond motifs is 1. The van der Waals surface area contributed by atoms with Gasteiger partial charge in [0.15, 0.2) is 5.84 Å². The molecular formula is C47H42N4. The lowest BCUT2D eigenvalue weighted by atomic mass is 9.84. The summed E-state index contributed by atoms with van der Waals surface area (Å²) < 4.78 is 0. The zero-order valence-corrected chi connectivity index (χ0v) is 28.9. The fourth-order valence-corrected chi connectivity index (χ4v) is 7.60. The molecule has 6 aromatic rings. The first-order chi connectivity index (χ1) is 25.2. The fourth-order valence-electron chi connectivity index (χ4n) is 7.60. The van der Waals surface area contributed by atoms with Crippen molar-refractivity contribution in [3.63, 3.8) is 0 Å². The Labute approximate surface area is 301 Å². The van der Waals surface area contributed by atoms with Crippen LogP contribution < -0.4 is 0 Å². The van der Waals surface area contributed by atoms with Crippen molar-refractivity contribution in [2.75, 3.05) is 0 Å². The Bertz CT molecular complexity index is 2080. The van der Waals surface area contributed by atoms with Crippen LogP contribution in [0.2, 0.25) is 0 Å². The third-order valence-corrected chi connectivity index (χ3v) is 9.99. The number of rotatable bonds is 12. The Kier molecular flexibility index (Phi) is 9.39. The van der Waals surface area contributed by atoms with Crippen molar-refractivity contribution in [2.45, 2.75) is 44.4 Å². The van der Waals surface area contributed by atoms with Gasteiger partial charge in [0.1, 0.15) is 17.2 Å². The molecule has 4 nitrogen and oxygen atoms in total. The van der Waals surface area contributed by atoms with E-state index in [2.05, 4.69) is 192 Å². The number of hydrogen-bond acceptors (Lipinski definition) is 4. The van der Waals surface area contributed by atoms with E-state index in [0.29, 0.717) is 13.0 Å². The highest BCUT2D eigenvalue weighted by atomic mass is 15.5. The lowest BCUT2D eigenvalue weighted by molar-refractivity contribution is -0.0150. The molecule has 2 aliphatic rings. The molecule has 4 heteroatoms. The molecule has 0 saturated carbocycles. The summed E-state index contributed by atoms with van der Waals surface area (Å²) in [7, 11) is 0. The number of nitrogens with zero attached hydrogens (tertiary/aromatic N) is 4. The van der Waals surface area contributed by atoms with Gasteiger partial charge in [-0.15, -0.1) is 0 Å². The summed E-state index contributed by atoms with van der Waals surface area (Å²) in [5, 5.41) is 0. The normalized spacial score (nSPS) is 15.0. The Morgan fingerprint density at radius 2 is 0.745 bits per heavy atom. The summed E-state index contributed by atoms with van der Waals surface area (Å²) in [6.07, 6.45) is 3.01. The second-order valence-corrected chi connectivity index (χ2v) is 13.5. The SMILES string of the molecule is c1ccc(CC2=NC3=C(Cc4ccccc4)N(Cc4ccccc4)C(Cc4ccccc4)(Cc4ccccc4)N(Cc4ccccc4)C3=N2)cc1. The van der Waals surface area contributed by atoms with E-state index in [1.165, 1.54) is 39.1 Å². The summed E-state index contributed by atoms with van der Waals surface area (Å²) >= 11 is 0. The smallest absolute Gasteiger partial charge is 0.160 e. The summed E-state index contributed by atoms with van der Waals surface area (Å²) in [5.41, 5.74) is 9.21. The van der Waals surface area contributed by atoms with Crippen LogP contribution in [0.25, 0.3) is 0 Å². The largest absolute Gasteiger partial charge is 0.345 e. The van der Waals surface area contributed by atoms with Crippen LogP contribution in [0.5, 0.6) is 0 Å². The number of allylic oxidation sites excluding steroid dienone is 1. The molecule has 0 bridgehead atoms. The van der Waals surface area contributed by atoms with Crippen LogP contribution in [0.3, 0.4) is 0 Å². The molecule has 2 aliphatic heterocycles.